The molecule has 0 aliphatic heterocycles. The number of nitro benzene ring substituents is 1. The maximum Gasteiger partial charge on any atom is 0.338 e. The van der Waals surface area contributed by atoms with Crippen LogP contribution in [0.15, 0.2) is 12.1 Å². The lowest BCUT2D eigenvalue weighted by atomic mass is 10.1. The molecule has 0 atom stereocenters. The predicted molar refractivity (Wildman–Crippen MR) is 74.2 cm³/mol. The molecule has 21 heavy (non-hydrogen) atoms. The van der Waals surface area contributed by atoms with Gasteiger partial charge in [-0.15, -0.1) is 0 Å². The Morgan fingerprint density at radius 1 is 1.48 bits per heavy atom. The summed E-state index contributed by atoms with van der Waals surface area (Å²) in [6, 6.07) is 1.54. The first kappa shape index (κ1) is 16.8. The first-order valence-electron chi connectivity index (χ1n) is 6.50. The molecule has 1 aromatic rings. The zero-order chi connectivity index (χ0) is 15.8. The fraction of sp³-hybridized carbons (Fsp3) is 0.462. The van der Waals surface area contributed by atoms with E-state index in [1.807, 2.05) is 6.92 Å². The molecule has 116 valence electrons. The number of carboxylic acid groups (broad SMARTS) is 1. The molecule has 0 unspecified atom stereocenters. The number of hydrogen-bond acceptors (Lipinski definition) is 5. The van der Waals surface area contributed by atoms with E-state index in [1.54, 1.807) is 0 Å². The molecule has 0 amide bonds. The molecule has 8 heteroatoms. The highest BCUT2D eigenvalue weighted by Crippen LogP contribution is 2.27. The number of ether oxygens (including phenoxy) is 1. The van der Waals surface area contributed by atoms with Crippen LogP contribution >= 0.6 is 0 Å². The highest BCUT2D eigenvalue weighted by molar-refractivity contribution is 5.90. The molecule has 0 saturated carbocycles. The molecule has 0 fully saturated rings. The van der Waals surface area contributed by atoms with Crippen molar-refractivity contribution in [2.75, 3.05) is 25.1 Å². The van der Waals surface area contributed by atoms with E-state index in [0.717, 1.165) is 12.5 Å². The third-order valence-electron chi connectivity index (χ3n) is 2.64. The first-order chi connectivity index (χ1) is 9.97. The van der Waals surface area contributed by atoms with Crippen molar-refractivity contribution in [2.24, 2.45) is 0 Å². The van der Waals surface area contributed by atoms with Crippen LogP contribution in [0.5, 0.6) is 0 Å². The molecular weight excluding hydrogens is 283 g/mol. The van der Waals surface area contributed by atoms with Crippen LogP contribution in [0.4, 0.5) is 15.8 Å². The van der Waals surface area contributed by atoms with Gasteiger partial charge >= 0.3 is 5.97 Å². The van der Waals surface area contributed by atoms with Crippen LogP contribution in [-0.2, 0) is 4.74 Å². The third kappa shape index (κ3) is 4.99. The van der Waals surface area contributed by atoms with Gasteiger partial charge in [0, 0.05) is 31.9 Å². The van der Waals surface area contributed by atoms with Gasteiger partial charge in [-0.2, -0.15) is 0 Å². The Hall–Kier alpha value is -2.22. The number of aromatic carboxylic acids is 1. The average molecular weight is 300 g/mol. The highest BCUT2D eigenvalue weighted by atomic mass is 19.1. The van der Waals surface area contributed by atoms with Gasteiger partial charge in [0.25, 0.3) is 5.69 Å². The normalized spacial score (nSPS) is 10.4. The molecule has 0 saturated heterocycles. The van der Waals surface area contributed by atoms with Crippen molar-refractivity contribution in [1.29, 1.82) is 0 Å². The van der Waals surface area contributed by atoms with Gasteiger partial charge in [-0.1, -0.05) is 6.92 Å². The molecule has 7 nitrogen and oxygen atoms in total. The van der Waals surface area contributed by atoms with E-state index in [0.29, 0.717) is 32.2 Å². The molecule has 0 aromatic heterocycles. The lowest BCUT2D eigenvalue weighted by molar-refractivity contribution is -0.384. The van der Waals surface area contributed by atoms with E-state index in [4.69, 9.17) is 9.84 Å². The molecule has 0 spiro atoms. The fourth-order valence-electron chi connectivity index (χ4n) is 1.66. The van der Waals surface area contributed by atoms with Crippen LogP contribution in [0.3, 0.4) is 0 Å². The molecular formula is C13H17FN2O5. The molecule has 1 rings (SSSR count). The largest absolute Gasteiger partial charge is 0.478 e. The van der Waals surface area contributed by atoms with Crippen LogP contribution in [0.2, 0.25) is 0 Å². The Labute approximate surface area is 120 Å². The summed E-state index contributed by atoms with van der Waals surface area (Å²) in [4.78, 5) is 20.9. The average Bonchev–Trinajstić information content (AvgIpc) is 2.42. The molecule has 2 N–H and O–H groups in total. The van der Waals surface area contributed by atoms with Gasteiger partial charge in [-0.25, -0.2) is 9.18 Å². The first-order valence-corrected chi connectivity index (χ1v) is 6.50. The Balaban J connectivity index is 2.74. The minimum Gasteiger partial charge on any atom is -0.478 e. The zero-order valence-electron chi connectivity index (χ0n) is 11.6. The number of rotatable bonds is 9. The molecule has 0 heterocycles. The van der Waals surface area contributed by atoms with Crippen LogP contribution in [0, 0.1) is 15.9 Å². The lowest BCUT2D eigenvalue weighted by Gasteiger charge is -2.09. The fourth-order valence-corrected chi connectivity index (χ4v) is 1.66. The highest BCUT2D eigenvalue weighted by Gasteiger charge is 2.21. The second kappa shape index (κ2) is 8.15. The number of hydrogen-bond donors (Lipinski definition) is 2. The maximum atomic E-state index is 13.6. The van der Waals surface area contributed by atoms with E-state index in [2.05, 4.69) is 5.32 Å². The maximum absolute atomic E-state index is 13.6. The van der Waals surface area contributed by atoms with E-state index in [1.165, 1.54) is 0 Å². The van der Waals surface area contributed by atoms with Gasteiger partial charge in [0.2, 0.25) is 0 Å². The number of anilines is 1. The van der Waals surface area contributed by atoms with Crippen molar-refractivity contribution in [3.8, 4) is 0 Å². The van der Waals surface area contributed by atoms with Crippen molar-refractivity contribution in [1.82, 2.24) is 0 Å². The Kier molecular flexibility index (Phi) is 6.54. The van der Waals surface area contributed by atoms with Crippen molar-refractivity contribution < 1.29 is 24.0 Å². The summed E-state index contributed by atoms with van der Waals surface area (Å²) in [6.07, 6.45) is 1.50. The van der Waals surface area contributed by atoms with E-state index in [9.17, 15) is 19.3 Å². The summed E-state index contributed by atoms with van der Waals surface area (Å²) >= 11 is 0. The number of nitro groups is 1. The number of carboxylic acids is 1. The van der Waals surface area contributed by atoms with Crippen LogP contribution in [0.1, 0.15) is 30.1 Å². The molecule has 0 aliphatic rings. The van der Waals surface area contributed by atoms with Crippen LogP contribution in [-0.4, -0.2) is 35.8 Å². The van der Waals surface area contributed by atoms with Gasteiger partial charge < -0.3 is 15.2 Å². The Morgan fingerprint density at radius 3 is 2.76 bits per heavy atom. The standard InChI is InChI=1S/C13H17FN2O5/c1-2-5-21-6-3-4-15-11-8-10(14)9(13(17)18)7-12(11)16(19)20/h7-8,15H,2-6H2,1H3,(H,17,18). The Bertz CT molecular complexity index is 522. The number of nitrogens with zero attached hydrogens (tertiary/aromatic N) is 1. The quantitative estimate of drug-likeness (QED) is 0.413. The summed E-state index contributed by atoms with van der Waals surface area (Å²) < 4.78 is 18.8. The summed E-state index contributed by atoms with van der Waals surface area (Å²) in [5.41, 5.74) is -1.24. The summed E-state index contributed by atoms with van der Waals surface area (Å²) in [7, 11) is 0. The molecule has 0 bridgehead atoms. The molecule has 0 aliphatic carbocycles. The monoisotopic (exact) mass is 300 g/mol. The Morgan fingerprint density at radius 2 is 2.19 bits per heavy atom. The van der Waals surface area contributed by atoms with Crippen LogP contribution in [0.25, 0.3) is 0 Å². The van der Waals surface area contributed by atoms with Gasteiger partial charge in [-0.3, -0.25) is 10.1 Å². The van der Waals surface area contributed by atoms with Gasteiger partial charge in [0.15, 0.2) is 0 Å². The lowest BCUT2D eigenvalue weighted by Crippen LogP contribution is -2.10. The van der Waals surface area contributed by atoms with Gasteiger partial charge in [0.1, 0.15) is 17.1 Å². The minimum atomic E-state index is -1.55. The minimum absolute atomic E-state index is 0.0435. The molecule has 1 aromatic carbocycles. The zero-order valence-corrected chi connectivity index (χ0v) is 11.6. The van der Waals surface area contributed by atoms with E-state index < -0.39 is 28.0 Å². The summed E-state index contributed by atoms with van der Waals surface area (Å²) in [5.74, 6) is -2.56. The molecule has 0 radical (unpaired) electrons. The summed E-state index contributed by atoms with van der Waals surface area (Å²) in [6.45, 7) is 3.47. The second-order valence-corrected chi connectivity index (χ2v) is 4.30. The van der Waals surface area contributed by atoms with E-state index >= 15 is 0 Å². The number of carbonyl (C=O) groups is 1. The summed E-state index contributed by atoms with van der Waals surface area (Å²) in [5, 5.41) is 22.4. The third-order valence-corrected chi connectivity index (χ3v) is 2.64. The number of nitrogens with one attached hydrogen (secondary N) is 1. The topological polar surface area (TPSA) is 102 Å². The van der Waals surface area contributed by atoms with Gasteiger partial charge in [0.05, 0.1) is 4.92 Å². The number of halogens is 1. The predicted octanol–water partition coefficient (Wildman–Crippen LogP) is 2.66. The van der Waals surface area contributed by atoms with Crippen LogP contribution < -0.4 is 5.32 Å². The van der Waals surface area contributed by atoms with E-state index in [-0.39, 0.29) is 5.69 Å². The van der Waals surface area contributed by atoms with Crippen molar-refractivity contribution in [3.05, 3.63) is 33.6 Å². The smallest absolute Gasteiger partial charge is 0.338 e. The number of benzene rings is 1. The second-order valence-electron chi connectivity index (χ2n) is 4.30. The van der Waals surface area contributed by atoms with Crippen molar-refractivity contribution in [3.63, 3.8) is 0 Å². The van der Waals surface area contributed by atoms with Crippen molar-refractivity contribution in [2.45, 2.75) is 19.8 Å². The van der Waals surface area contributed by atoms with Crippen molar-refractivity contribution >= 4 is 17.3 Å². The SMILES string of the molecule is CCCOCCCNc1cc(F)c(C(=O)O)cc1[N+](=O)[O-]. The van der Waals surface area contributed by atoms with Gasteiger partial charge in [-0.05, 0) is 12.8 Å².